The molecule has 0 amide bonds. The van der Waals surface area contributed by atoms with Crippen LogP contribution in [0, 0.1) is 5.92 Å². The van der Waals surface area contributed by atoms with Crippen LogP contribution in [0.4, 0.5) is 0 Å². The van der Waals surface area contributed by atoms with E-state index >= 15 is 0 Å². The molecule has 0 saturated carbocycles. The van der Waals surface area contributed by atoms with Crippen molar-refractivity contribution in [3.05, 3.63) is 33.1 Å². The minimum atomic E-state index is -0.402. The SMILES string of the molecule is CC[C@@H]1C[C@H](C)C(n2ccc(=O)[nH]c2=O)O1. The van der Waals surface area contributed by atoms with Crippen molar-refractivity contribution in [2.45, 2.75) is 39.0 Å². The van der Waals surface area contributed by atoms with E-state index in [1.54, 1.807) is 0 Å². The average Bonchev–Trinajstić information content (AvgIpc) is 2.60. The van der Waals surface area contributed by atoms with Crippen molar-refractivity contribution in [3.63, 3.8) is 0 Å². The van der Waals surface area contributed by atoms with Gasteiger partial charge in [0.2, 0.25) is 0 Å². The summed E-state index contributed by atoms with van der Waals surface area (Å²) >= 11 is 0. The van der Waals surface area contributed by atoms with E-state index in [0.29, 0.717) is 0 Å². The summed E-state index contributed by atoms with van der Waals surface area (Å²) in [4.78, 5) is 24.8. The maximum atomic E-state index is 11.6. The molecule has 1 aliphatic heterocycles. The lowest BCUT2D eigenvalue weighted by atomic mass is 10.0. The summed E-state index contributed by atoms with van der Waals surface area (Å²) in [7, 11) is 0. The van der Waals surface area contributed by atoms with E-state index in [0.717, 1.165) is 12.8 Å². The van der Waals surface area contributed by atoms with Crippen LogP contribution in [0.5, 0.6) is 0 Å². The number of nitrogens with zero attached hydrogens (tertiary/aromatic N) is 1. The number of aromatic nitrogens is 2. The van der Waals surface area contributed by atoms with Crippen LogP contribution in [0.2, 0.25) is 0 Å². The topological polar surface area (TPSA) is 64.1 Å². The highest BCUT2D eigenvalue weighted by atomic mass is 16.5. The van der Waals surface area contributed by atoms with Crippen molar-refractivity contribution in [3.8, 4) is 0 Å². The quantitative estimate of drug-likeness (QED) is 0.810. The monoisotopic (exact) mass is 224 g/mol. The number of hydrogen-bond acceptors (Lipinski definition) is 3. The number of ether oxygens (including phenoxy) is 1. The molecule has 1 aliphatic rings. The summed E-state index contributed by atoms with van der Waals surface area (Å²) in [5, 5.41) is 0. The normalized spacial score (nSPS) is 29.5. The van der Waals surface area contributed by atoms with Crippen LogP contribution in [0.3, 0.4) is 0 Å². The molecule has 1 aromatic heterocycles. The van der Waals surface area contributed by atoms with Gasteiger partial charge >= 0.3 is 5.69 Å². The van der Waals surface area contributed by atoms with E-state index in [-0.39, 0.29) is 23.8 Å². The molecule has 5 heteroatoms. The van der Waals surface area contributed by atoms with Gasteiger partial charge in [0.1, 0.15) is 6.23 Å². The minimum absolute atomic E-state index is 0.207. The lowest BCUT2D eigenvalue weighted by Crippen LogP contribution is -2.33. The zero-order chi connectivity index (χ0) is 11.7. The standard InChI is InChI=1S/C11H16N2O3/c1-3-8-6-7(2)10(16-8)13-5-4-9(14)12-11(13)15/h4-5,7-8,10H,3,6H2,1-2H3,(H,12,14,15)/t7-,8+,10?/m0/s1. The summed E-state index contributed by atoms with van der Waals surface area (Å²) in [6.07, 6.45) is 3.35. The van der Waals surface area contributed by atoms with Crippen LogP contribution in [-0.2, 0) is 4.74 Å². The van der Waals surface area contributed by atoms with Gasteiger partial charge in [-0.2, -0.15) is 0 Å². The zero-order valence-corrected chi connectivity index (χ0v) is 9.47. The molecule has 2 heterocycles. The number of H-pyrrole nitrogens is 1. The molecule has 0 aromatic carbocycles. The molecule has 1 unspecified atom stereocenters. The Labute approximate surface area is 93.1 Å². The Morgan fingerprint density at radius 1 is 1.56 bits per heavy atom. The second-order valence-electron chi connectivity index (χ2n) is 4.29. The fraction of sp³-hybridized carbons (Fsp3) is 0.636. The number of rotatable bonds is 2. The summed E-state index contributed by atoms with van der Waals surface area (Å²) in [6.45, 7) is 4.12. The third-order valence-corrected chi connectivity index (χ3v) is 3.03. The van der Waals surface area contributed by atoms with Gasteiger partial charge in [0.25, 0.3) is 5.56 Å². The van der Waals surface area contributed by atoms with Crippen molar-refractivity contribution in [2.24, 2.45) is 5.92 Å². The fourth-order valence-corrected chi connectivity index (χ4v) is 2.15. The van der Waals surface area contributed by atoms with Gasteiger partial charge in [-0.25, -0.2) is 4.79 Å². The minimum Gasteiger partial charge on any atom is -0.354 e. The van der Waals surface area contributed by atoms with E-state index in [1.165, 1.54) is 16.8 Å². The third-order valence-electron chi connectivity index (χ3n) is 3.03. The van der Waals surface area contributed by atoms with Gasteiger partial charge in [0, 0.05) is 18.2 Å². The van der Waals surface area contributed by atoms with E-state index < -0.39 is 5.69 Å². The molecule has 3 atom stereocenters. The molecule has 1 N–H and O–H groups in total. The molecule has 0 bridgehead atoms. The average molecular weight is 224 g/mol. The Balaban J connectivity index is 2.31. The summed E-state index contributed by atoms with van der Waals surface area (Å²) in [5.41, 5.74) is -0.778. The van der Waals surface area contributed by atoms with Gasteiger partial charge in [-0.05, 0) is 12.8 Å². The van der Waals surface area contributed by atoms with E-state index in [9.17, 15) is 9.59 Å². The van der Waals surface area contributed by atoms with Gasteiger partial charge in [0.05, 0.1) is 6.10 Å². The van der Waals surface area contributed by atoms with Crippen LogP contribution in [0.25, 0.3) is 0 Å². The Morgan fingerprint density at radius 3 is 2.88 bits per heavy atom. The highest BCUT2D eigenvalue weighted by molar-refractivity contribution is 4.87. The molecular formula is C11H16N2O3. The van der Waals surface area contributed by atoms with Gasteiger partial charge in [-0.3, -0.25) is 14.3 Å². The highest BCUT2D eigenvalue weighted by Gasteiger charge is 2.32. The first-order valence-corrected chi connectivity index (χ1v) is 5.58. The lowest BCUT2D eigenvalue weighted by Gasteiger charge is -2.17. The molecule has 0 radical (unpaired) electrons. The van der Waals surface area contributed by atoms with Gasteiger partial charge < -0.3 is 4.74 Å². The smallest absolute Gasteiger partial charge is 0.330 e. The van der Waals surface area contributed by atoms with Crippen molar-refractivity contribution >= 4 is 0 Å². The van der Waals surface area contributed by atoms with Crippen molar-refractivity contribution in [2.75, 3.05) is 0 Å². The summed E-state index contributed by atoms with van der Waals surface area (Å²) in [5.74, 6) is 0.286. The molecule has 2 rings (SSSR count). The Morgan fingerprint density at radius 2 is 2.31 bits per heavy atom. The first-order chi connectivity index (χ1) is 7.61. The highest BCUT2D eigenvalue weighted by Crippen LogP contribution is 2.33. The second-order valence-corrected chi connectivity index (χ2v) is 4.29. The van der Waals surface area contributed by atoms with Gasteiger partial charge in [-0.1, -0.05) is 13.8 Å². The van der Waals surface area contributed by atoms with Crippen molar-refractivity contribution in [1.29, 1.82) is 0 Å². The number of nitrogens with one attached hydrogen (secondary N) is 1. The molecule has 1 fully saturated rings. The number of aromatic amines is 1. The Hall–Kier alpha value is -1.36. The zero-order valence-electron chi connectivity index (χ0n) is 9.47. The molecular weight excluding hydrogens is 208 g/mol. The van der Waals surface area contributed by atoms with E-state index in [1.807, 2.05) is 0 Å². The molecule has 88 valence electrons. The van der Waals surface area contributed by atoms with Crippen LogP contribution in [0.15, 0.2) is 21.9 Å². The second kappa shape index (κ2) is 4.25. The largest absolute Gasteiger partial charge is 0.354 e. The van der Waals surface area contributed by atoms with Crippen molar-refractivity contribution in [1.82, 2.24) is 9.55 Å². The molecule has 1 aromatic rings. The van der Waals surface area contributed by atoms with E-state index in [4.69, 9.17) is 4.74 Å². The van der Waals surface area contributed by atoms with Gasteiger partial charge in [-0.15, -0.1) is 0 Å². The maximum Gasteiger partial charge on any atom is 0.330 e. The van der Waals surface area contributed by atoms with Gasteiger partial charge in [0.15, 0.2) is 0 Å². The van der Waals surface area contributed by atoms with Crippen LogP contribution < -0.4 is 11.2 Å². The first-order valence-electron chi connectivity index (χ1n) is 5.58. The Kier molecular flexibility index (Phi) is 2.96. The fourth-order valence-electron chi connectivity index (χ4n) is 2.15. The molecule has 5 nitrogen and oxygen atoms in total. The lowest BCUT2D eigenvalue weighted by molar-refractivity contribution is -0.0142. The Bertz CT molecular complexity index is 477. The van der Waals surface area contributed by atoms with Crippen LogP contribution in [0.1, 0.15) is 32.9 Å². The van der Waals surface area contributed by atoms with Crippen LogP contribution >= 0.6 is 0 Å². The summed E-state index contributed by atoms with van der Waals surface area (Å²) < 4.78 is 7.23. The molecule has 16 heavy (non-hydrogen) atoms. The van der Waals surface area contributed by atoms with E-state index in [2.05, 4.69) is 18.8 Å². The predicted octanol–water partition coefficient (Wildman–Crippen LogP) is 0.870. The molecule has 0 aliphatic carbocycles. The first kappa shape index (κ1) is 11.1. The third kappa shape index (κ3) is 1.95. The molecule has 0 spiro atoms. The van der Waals surface area contributed by atoms with Crippen LogP contribution in [-0.4, -0.2) is 15.7 Å². The van der Waals surface area contributed by atoms with Crippen molar-refractivity contribution < 1.29 is 4.74 Å². The summed E-state index contributed by atoms with van der Waals surface area (Å²) in [6, 6.07) is 1.34. The maximum absolute atomic E-state index is 11.6. The number of hydrogen-bond donors (Lipinski definition) is 1. The predicted molar refractivity (Wildman–Crippen MR) is 59.3 cm³/mol. The molecule has 1 saturated heterocycles.